The van der Waals surface area contributed by atoms with Gasteiger partial charge in [-0.3, -0.25) is 0 Å². The van der Waals surface area contributed by atoms with Gasteiger partial charge in [-0.2, -0.15) is 11.8 Å². The second kappa shape index (κ2) is 9.36. The Morgan fingerprint density at radius 1 is 1.17 bits per heavy atom. The van der Waals surface area contributed by atoms with Gasteiger partial charge in [-0.25, -0.2) is 0 Å². The van der Waals surface area contributed by atoms with Crippen LogP contribution in [0.15, 0.2) is 0 Å². The van der Waals surface area contributed by atoms with E-state index < -0.39 is 0 Å². The Morgan fingerprint density at radius 3 is 2.50 bits per heavy atom. The van der Waals surface area contributed by atoms with E-state index in [1.165, 1.54) is 24.5 Å². The highest BCUT2D eigenvalue weighted by atomic mass is 32.2. The third-order valence-corrected chi connectivity index (χ3v) is 2.50. The molecule has 0 radical (unpaired) electrons. The Kier molecular flexibility index (Phi) is 9.57. The zero-order valence-electron chi connectivity index (χ0n) is 8.60. The van der Waals surface area contributed by atoms with Gasteiger partial charge >= 0.3 is 0 Å². The molecular weight excluding hydrogens is 168 g/mol. The first-order chi connectivity index (χ1) is 5.77. The lowest BCUT2D eigenvalue weighted by atomic mass is 10.5. The van der Waals surface area contributed by atoms with Gasteiger partial charge < -0.3 is 10.2 Å². The first kappa shape index (κ1) is 12.3. The van der Waals surface area contributed by atoms with Gasteiger partial charge in [0.1, 0.15) is 0 Å². The molecular formula is C9H22N2S. The minimum absolute atomic E-state index is 1.16. The fourth-order valence-corrected chi connectivity index (χ4v) is 1.78. The van der Waals surface area contributed by atoms with Gasteiger partial charge in [-0.15, -0.1) is 0 Å². The van der Waals surface area contributed by atoms with Crippen LogP contribution in [-0.4, -0.2) is 50.1 Å². The van der Waals surface area contributed by atoms with Crippen LogP contribution in [0.2, 0.25) is 0 Å². The minimum Gasteiger partial charge on any atom is -0.316 e. The summed E-state index contributed by atoms with van der Waals surface area (Å²) in [5.74, 6) is 2.49. The fraction of sp³-hybridized carbons (Fsp3) is 1.00. The standard InChI is InChI=1S/C9H22N2S/c1-4-5-10-6-8-12-9-7-11(2)3/h10H,4-9H2,1-3H3. The molecule has 0 unspecified atom stereocenters. The molecule has 0 aliphatic carbocycles. The van der Waals surface area contributed by atoms with Crippen molar-refractivity contribution < 1.29 is 0 Å². The van der Waals surface area contributed by atoms with Crippen LogP contribution >= 0.6 is 11.8 Å². The highest BCUT2D eigenvalue weighted by molar-refractivity contribution is 7.99. The zero-order chi connectivity index (χ0) is 9.23. The van der Waals surface area contributed by atoms with Crippen molar-refractivity contribution in [3.8, 4) is 0 Å². The highest BCUT2D eigenvalue weighted by Gasteiger charge is 1.90. The maximum atomic E-state index is 3.39. The third kappa shape index (κ3) is 10.3. The Bertz CT molecular complexity index is 86.6. The number of hydrogen-bond acceptors (Lipinski definition) is 3. The third-order valence-electron chi connectivity index (χ3n) is 1.53. The molecule has 0 saturated carbocycles. The van der Waals surface area contributed by atoms with Crippen LogP contribution in [0.25, 0.3) is 0 Å². The van der Waals surface area contributed by atoms with Gasteiger partial charge in [-0.1, -0.05) is 6.92 Å². The Labute approximate surface area is 81.1 Å². The smallest absolute Gasteiger partial charge is 0.00662 e. The molecule has 0 saturated heterocycles. The monoisotopic (exact) mass is 190 g/mol. The summed E-state index contributed by atoms with van der Waals surface area (Å²) in [6, 6.07) is 0. The molecule has 0 amide bonds. The van der Waals surface area contributed by atoms with Crippen molar-refractivity contribution in [1.82, 2.24) is 10.2 Å². The predicted octanol–water partition coefficient (Wildman–Crippen LogP) is 1.28. The van der Waals surface area contributed by atoms with Gasteiger partial charge in [0.2, 0.25) is 0 Å². The molecule has 0 fully saturated rings. The lowest BCUT2D eigenvalue weighted by Gasteiger charge is -2.08. The molecule has 0 heterocycles. The summed E-state index contributed by atoms with van der Waals surface area (Å²) in [6.07, 6.45) is 1.24. The fourth-order valence-electron chi connectivity index (χ4n) is 0.795. The molecule has 0 atom stereocenters. The number of nitrogens with zero attached hydrogens (tertiary/aromatic N) is 1. The summed E-state index contributed by atoms with van der Waals surface area (Å²) in [6.45, 7) is 5.71. The summed E-state index contributed by atoms with van der Waals surface area (Å²) >= 11 is 2.03. The summed E-state index contributed by atoms with van der Waals surface area (Å²) in [7, 11) is 4.24. The largest absolute Gasteiger partial charge is 0.316 e. The molecule has 0 bridgehead atoms. The van der Waals surface area contributed by atoms with E-state index in [1.54, 1.807) is 0 Å². The van der Waals surface area contributed by atoms with E-state index in [-0.39, 0.29) is 0 Å². The summed E-state index contributed by atoms with van der Waals surface area (Å²) in [4.78, 5) is 2.23. The average Bonchev–Trinajstić information content (AvgIpc) is 2.02. The molecule has 12 heavy (non-hydrogen) atoms. The molecule has 0 aromatic heterocycles. The van der Waals surface area contributed by atoms with E-state index >= 15 is 0 Å². The lowest BCUT2D eigenvalue weighted by molar-refractivity contribution is 0.437. The van der Waals surface area contributed by atoms with Gasteiger partial charge in [0.05, 0.1) is 0 Å². The molecule has 0 rings (SSSR count). The SMILES string of the molecule is CCCNCCSCCN(C)C. The normalized spacial score (nSPS) is 11.0. The molecule has 2 nitrogen and oxygen atoms in total. The van der Waals surface area contributed by atoms with E-state index in [9.17, 15) is 0 Å². The number of hydrogen-bond donors (Lipinski definition) is 1. The summed E-state index contributed by atoms with van der Waals surface area (Å²) in [5.41, 5.74) is 0. The number of rotatable bonds is 8. The van der Waals surface area contributed by atoms with Crippen molar-refractivity contribution in [3.05, 3.63) is 0 Å². The van der Waals surface area contributed by atoms with Gasteiger partial charge in [-0.05, 0) is 27.1 Å². The van der Waals surface area contributed by atoms with Crippen LogP contribution < -0.4 is 5.32 Å². The molecule has 0 aromatic carbocycles. The van der Waals surface area contributed by atoms with Crippen LogP contribution in [0.3, 0.4) is 0 Å². The summed E-state index contributed by atoms with van der Waals surface area (Å²) < 4.78 is 0. The molecule has 0 spiro atoms. The van der Waals surface area contributed by atoms with Crippen molar-refractivity contribution in [2.45, 2.75) is 13.3 Å². The first-order valence-corrected chi connectivity index (χ1v) is 5.86. The number of nitrogens with one attached hydrogen (secondary N) is 1. The lowest BCUT2D eigenvalue weighted by Crippen LogP contribution is -2.19. The van der Waals surface area contributed by atoms with Crippen LogP contribution in [0, 0.1) is 0 Å². The maximum absolute atomic E-state index is 3.39. The van der Waals surface area contributed by atoms with E-state index in [4.69, 9.17) is 0 Å². The topological polar surface area (TPSA) is 15.3 Å². The molecule has 74 valence electrons. The molecule has 1 N–H and O–H groups in total. The Morgan fingerprint density at radius 2 is 1.92 bits per heavy atom. The summed E-state index contributed by atoms with van der Waals surface area (Å²) in [5, 5.41) is 3.39. The second-order valence-electron chi connectivity index (χ2n) is 3.17. The van der Waals surface area contributed by atoms with E-state index in [0.717, 1.165) is 13.1 Å². The zero-order valence-corrected chi connectivity index (χ0v) is 9.41. The molecule has 3 heteroatoms. The van der Waals surface area contributed by atoms with Gasteiger partial charge in [0, 0.05) is 24.6 Å². The number of thioether (sulfide) groups is 1. The van der Waals surface area contributed by atoms with Crippen molar-refractivity contribution in [2.24, 2.45) is 0 Å². The molecule has 0 aliphatic rings. The minimum atomic E-state index is 1.16. The van der Waals surface area contributed by atoms with Crippen LogP contribution in [0.4, 0.5) is 0 Å². The maximum Gasteiger partial charge on any atom is 0.00662 e. The van der Waals surface area contributed by atoms with E-state index in [0.29, 0.717) is 0 Å². The van der Waals surface area contributed by atoms with E-state index in [1.807, 2.05) is 11.8 Å². The Balaban J connectivity index is 2.82. The van der Waals surface area contributed by atoms with Crippen molar-refractivity contribution in [3.63, 3.8) is 0 Å². The first-order valence-electron chi connectivity index (χ1n) is 4.70. The second-order valence-corrected chi connectivity index (χ2v) is 4.39. The van der Waals surface area contributed by atoms with Gasteiger partial charge in [0.15, 0.2) is 0 Å². The van der Waals surface area contributed by atoms with Gasteiger partial charge in [0.25, 0.3) is 0 Å². The predicted molar refractivity (Wildman–Crippen MR) is 59.0 cm³/mol. The van der Waals surface area contributed by atoms with Crippen LogP contribution in [0.1, 0.15) is 13.3 Å². The molecule has 0 aliphatic heterocycles. The molecule has 0 aromatic rings. The highest BCUT2D eigenvalue weighted by Crippen LogP contribution is 1.97. The van der Waals surface area contributed by atoms with Crippen LogP contribution in [-0.2, 0) is 0 Å². The van der Waals surface area contributed by atoms with Crippen molar-refractivity contribution in [1.29, 1.82) is 0 Å². The Hall–Kier alpha value is 0.270. The average molecular weight is 190 g/mol. The van der Waals surface area contributed by atoms with Crippen molar-refractivity contribution >= 4 is 11.8 Å². The van der Waals surface area contributed by atoms with Crippen molar-refractivity contribution in [2.75, 3.05) is 45.2 Å². The van der Waals surface area contributed by atoms with E-state index in [2.05, 4.69) is 31.2 Å². The van der Waals surface area contributed by atoms with Crippen LogP contribution in [0.5, 0.6) is 0 Å². The quantitative estimate of drug-likeness (QED) is 0.581.